The SMILES string of the molecule is CCN1C(=O)/C(=C/c2ccc(-c3ccc(Cl)cc3)o2)SC1=Nc1ccc(N2CCCCC2)cc1. The van der Waals surface area contributed by atoms with Crippen LogP contribution in [0.2, 0.25) is 5.02 Å². The third kappa shape index (κ3) is 4.93. The summed E-state index contributed by atoms with van der Waals surface area (Å²) in [4.78, 5) is 22.5. The number of nitrogens with zero attached hydrogens (tertiary/aromatic N) is 3. The molecule has 1 aromatic heterocycles. The molecule has 0 atom stereocenters. The average molecular weight is 492 g/mol. The lowest BCUT2D eigenvalue weighted by molar-refractivity contribution is -0.122. The molecule has 2 aromatic carbocycles. The molecule has 2 fully saturated rings. The van der Waals surface area contributed by atoms with Gasteiger partial charge in [-0.15, -0.1) is 0 Å². The van der Waals surface area contributed by atoms with Crippen LogP contribution in [-0.2, 0) is 4.79 Å². The Morgan fingerprint density at radius 1 is 1.00 bits per heavy atom. The first-order valence-electron chi connectivity index (χ1n) is 11.6. The normalized spacial score (nSPS) is 18.9. The van der Waals surface area contributed by atoms with Crippen molar-refractivity contribution in [1.29, 1.82) is 0 Å². The molecule has 0 N–H and O–H groups in total. The summed E-state index contributed by atoms with van der Waals surface area (Å²) >= 11 is 7.36. The molecule has 5 rings (SSSR count). The van der Waals surface area contributed by atoms with Crippen molar-refractivity contribution in [3.05, 3.63) is 76.4 Å². The molecule has 2 saturated heterocycles. The van der Waals surface area contributed by atoms with Gasteiger partial charge in [0.1, 0.15) is 11.5 Å². The predicted molar refractivity (Wildman–Crippen MR) is 142 cm³/mol. The summed E-state index contributed by atoms with van der Waals surface area (Å²) in [5, 5.41) is 1.37. The number of thioether (sulfide) groups is 1. The molecule has 0 bridgehead atoms. The summed E-state index contributed by atoms with van der Waals surface area (Å²) in [6, 6.07) is 19.6. The number of likely N-dealkylation sites (N-methyl/N-ethyl adjacent to an activating group) is 1. The number of amides is 1. The molecule has 2 aliphatic rings. The average Bonchev–Trinajstić information content (AvgIpc) is 3.45. The van der Waals surface area contributed by atoms with Crippen molar-refractivity contribution in [2.75, 3.05) is 24.5 Å². The number of hydrogen-bond acceptors (Lipinski definition) is 5. The first kappa shape index (κ1) is 22.8. The number of aliphatic imine (C=N–C) groups is 1. The molecule has 0 radical (unpaired) electrons. The lowest BCUT2D eigenvalue weighted by Crippen LogP contribution is -2.29. The van der Waals surface area contributed by atoms with Gasteiger partial charge in [0.15, 0.2) is 5.17 Å². The topological polar surface area (TPSA) is 49.1 Å². The Morgan fingerprint density at radius 2 is 1.74 bits per heavy atom. The van der Waals surface area contributed by atoms with E-state index >= 15 is 0 Å². The number of piperidine rings is 1. The molecule has 0 unspecified atom stereocenters. The third-order valence-corrected chi connectivity index (χ3v) is 7.29. The van der Waals surface area contributed by atoms with Crippen LogP contribution in [-0.4, -0.2) is 35.6 Å². The van der Waals surface area contributed by atoms with E-state index in [2.05, 4.69) is 17.0 Å². The van der Waals surface area contributed by atoms with Crippen LogP contribution >= 0.6 is 23.4 Å². The van der Waals surface area contributed by atoms with E-state index in [9.17, 15) is 4.79 Å². The van der Waals surface area contributed by atoms with Crippen molar-refractivity contribution in [2.45, 2.75) is 26.2 Å². The van der Waals surface area contributed by atoms with Crippen molar-refractivity contribution in [2.24, 2.45) is 4.99 Å². The van der Waals surface area contributed by atoms with E-state index in [1.54, 1.807) is 11.0 Å². The number of halogens is 1. The molecule has 5 nitrogen and oxygen atoms in total. The highest BCUT2D eigenvalue weighted by Crippen LogP contribution is 2.35. The highest BCUT2D eigenvalue weighted by Gasteiger charge is 2.32. The Labute approximate surface area is 209 Å². The van der Waals surface area contributed by atoms with Crippen LogP contribution in [0.4, 0.5) is 11.4 Å². The van der Waals surface area contributed by atoms with Crippen LogP contribution in [0.1, 0.15) is 31.9 Å². The monoisotopic (exact) mass is 491 g/mol. The van der Waals surface area contributed by atoms with E-state index in [0.717, 1.165) is 30.1 Å². The van der Waals surface area contributed by atoms with Crippen LogP contribution in [0.25, 0.3) is 17.4 Å². The van der Waals surface area contributed by atoms with Crippen molar-refractivity contribution in [3.8, 4) is 11.3 Å². The summed E-state index contributed by atoms with van der Waals surface area (Å²) < 4.78 is 5.96. The number of rotatable bonds is 5. The first-order valence-corrected chi connectivity index (χ1v) is 12.8. The molecular weight excluding hydrogens is 466 g/mol. The Kier molecular flexibility index (Phi) is 6.79. The molecular formula is C27H26ClN3O2S. The Bertz CT molecular complexity index is 1230. The van der Waals surface area contributed by atoms with E-state index < -0.39 is 0 Å². The smallest absolute Gasteiger partial charge is 0.266 e. The van der Waals surface area contributed by atoms with Gasteiger partial charge in [0.05, 0.1) is 10.6 Å². The molecule has 1 amide bonds. The number of benzene rings is 2. The van der Waals surface area contributed by atoms with E-state index in [1.165, 1.54) is 36.7 Å². The van der Waals surface area contributed by atoms with Gasteiger partial charge in [0, 0.05) is 42.0 Å². The lowest BCUT2D eigenvalue weighted by atomic mass is 10.1. The van der Waals surface area contributed by atoms with Gasteiger partial charge in [-0.2, -0.15) is 0 Å². The van der Waals surface area contributed by atoms with Crippen molar-refractivity contribution in [3.63, 3.8) is 0 Å². The quantitative estimate of drug-likeness (QED) is 0.354. The Hall–Kier alpha value is -2.96. The van der Waals surface area contributed by atoms with Crippen LogP contribution in [0.3, 0.4) is 0 Å². The maximum absolute atomic E-state index is 13.0. The second-order valence-corrected chi connectivity index (χ2v) is 9.77. The standard InChI is InChI=1S/C27H26ClN3O2S/c1-2-31-26(32)25(18-23-14-15-24(33-23)19-6-8-20(28)9-7-19)34-27(31)29-21-10-12-22(13-11-21)30-16-4-3-5-17-30/h6-15,18H,2-5,16-17H2,1H3/b25-18-,29-27?. The fourth-order valence-electron chi connectivity index (χ4n) is 4.20. The zero-order chi connectivity index (χ0) is 23.5. The predicted octanol–water partition coefficient (Wildman–Crippen LogP) is 7.21. The molecule has 0 aliphatic carbocycles. The van der Waals surface area contributed by atoms with E-state index in [-0.39, 0.29) is 5.91 Å². The number of hydrogen-bond donors (Lipinski definition) is 0. The number of carbonyl (C=O) groups is 1. The van der Waals surface area contributed by atoms with Gasteiger partial charge in [-0.05, 0) is 98.6 Å². The maximum atomic E-state index is 13.0. The first-order chi connectivity index (χ1) is 16.6. The minimum Gasteiger partial charge on any atom is -0.457 e. The van der Waals surface area contributed by atoms with Gasteiger partial charge >= 0.3 is 0 Å². The Balaban J connectivity index is 1.34. The second-order valence-electron chi connectivity index (χ2n) is 8.33. The zero-order valence-corrected chi connectivity index (χ0v) is 20.6. The summed E-state index contributed by atoms with van der Waals surface area (Å²) in [6.45, 7) is 4.74. The Morgan fingerprint density at radius 3 is 2.44 bits per heavy atom. The molecule has 0 saturated carbocycles. The highest BCUT2D eigenvalue weighted by atomic mass is 35.5. The van der Waals surface area contributed by atoms with Gasteiger partial charge in [-0.3, -0.25) is 9.69 Å². The van der Waals surface area contributed by atoms with Gasteiger partial charge < -0.3 is 9.32 Å². The van der Waals surface area contributed by atoms with E-state index in [4.69, 9.17) is 21.0 Å². The highest BCUT2D eigenvalue weighted by molar-refractivity contribution is 8.18. The minimum absolute atomic E-state index is 0.0550. The largest absolute Gasteiger partial charge is 0.457 e. The molecule has 3 heterocycles. The van der Waals surface area contributed by atoms with Gasteiger partial charge in [0.2, 0.25) is 0 Å². The van der Waals surface area contributed by atoms with Crippen LogP contribution < -0.4 is 4.90 Å². The third-order valence-electron chi connectivity index (χ3n) is 6.03. The van der Waals surface area contributed by atoms with Crippen molar-refractivity contribution < 1.29 is 9.21 Å². The fourth-order valence-corrected chi connectivity index (χ4v) is 5.37. The molecule has 2 aliphatic heterocycles. The minimum atomic E-state index is -0.0550. The van der Waals surface area contributed by atoms with Gasteiger partial charge in [-0.25, -0.2) is 4.99 Å². The number of amidine groups is 1. The van der Waals surface area contributed by atoms with Crippen LogP contribution in [0.5, 0.6) is 0 Å². The second kappa shape index (κ2) is 10.1. The van der Waals surface area contributed by atoms with E-state index in [1.807, 2.05) is 55.5 Å². The van der Waals surface area contributed by atoms with E-state index in [0.29, 0.717) is 27.4 Å². The molecule has 3 aromatic rings. The van der Waals surface area contributed by atoms with Gasteiger partial charge in [0.25, 0.3) is 5.91 Å². The van der Waals surface area contributed by atoms with Crippen molar-refractivity contribution in [1.82, 2.24) is 4.90 Å². The number of furan rings is 1. The number of anilines is 1. The summed E-state index contributed by atoms with van der Waals surface area (Å²) in [7, 11) is 0. The zero-order valence-electron chi connectivity index (χ0n) is 19.0. The maximum Gasteiger partial charge on any atom is 0.266 e. The fraction of sp³-hybridized carbons (Fsp3) is 0.259. The van der Waals surface area contributed by atoms with Crippen LogP contribution in [0, 0.1) is 0 Å². The molecule has 174 valence electrons. The summed E-state index contributed by atoms with van der Waals surface area (Å²) in [6.07, 6.45) is 5.61. The van der Waals surface area contributed by atoms with Gasteiger partial charge in [-0.1, -0.05) is 11.6 Å². The lowest BCUT2D eigenvalue weighted by Gasteiger charge is -2.28. The molecule has 0 spiro atoms. The van der Waals surface area contributed by atoms with Crippen molar-refractivity contribution >= 4 is 51.9 Å². The van der Waals surface area contributed by atoms with Crippen LogP contribution in [0.15, 0.2) is 75.0 Å². The molecule has 34 heavy (non-hydrogen) atoms. The molecule has 7 heteroatoms. The summed E-state index contributed by atoms with van der Waals surface area (Å²) in [5.74, 6) is 1.30. The summed E-state index contributed by atoms with van der Waals surface area (Å²) in [5.41, 5.74) is 3.02. The number of carbonyl (C=O) groups excluding carboxylic acids is 1.